The van der Waals surface area contributed by atoms with E-state index in [1.165, 1.54) is 12.0 Å². The van der Waals surface area contributed by atoms with Gasteiger partial charge in [0.15, 0.2) is 0 Å². The van der Waals surface area contributed by atoms with Crippen LogP contribution in [0, 0.1) is 11.8 Å². The van der Waals surface area contributed by atoms with E-state index in [-0.39, 0.29) is 0 Å². The van der Waals surface area contributed by atoms with Crippen LogP contribution < -0.4 is 0 Å². The molecule has 144 valence electrons. The second kappa shape index (κ2) is 7.52. The Labute approximate surface area is 172 Å². The van der Waals surface area contributed by atoms with Gasteiger partial charge in [0.25, 0.3) is 0 Å². The molecule has 3 aromatic carbocycles. The quantitative estimate of drug-likeness (QED) is 0.662. The van der Waals surface area contributed by atoms with Crippen LogP contribution >= 0.6 is 0 Å². The number of rotatable bonds is 3. The molecule has 3 aromatic rings. The summed E-state index contributed by atoms with van der Waals surface area (Å²) in [6.45, 7) is 2.92. The number of nitrogens with zero attached hydrogens (tertiary/aromatic N) is 1. The highest BCUT2D eigenvalue weighted by molar-refractivity contribution is 5.80. The smallest absolute Gasteiger partial charge is 0.127 e. The summed E-state index contributed by atoms with van der Waals surface area (Å²) in [4.78, 5) is 2.42. The van der Waals surface area contributed by atoms with Crippen LogP contribution in [0.4, 0.5) is 0 Å². The molecule has 0 spiro atoms. The van der Waals surface area contributed by atoms with Crippen molar-refractivity contribution in [3.8, 4) is 23.0 Å². The molecule has 2 aliphatic rings. The monoisotopic (exact) mass is 379 g/mol. The molecular formula is C27H25NO. The normalized spacial score (nSPS) is 19.3. The van der Waals surface area contributed by atoms with Gasteiger partial charge in [0.2, 0.25) is 0 Å². The number of aliphatic hydroxyl groups is 1. The summed E-state index contributed by atoms with van der Waals surface area (Å²) >= 11 is 0. The third-order valence-corrected chi connectivity index (χ3v) is 6.35. The molecule has 1 fully saturated rings. The molecule has 5 rings (SSSR count). The molecule has 0 aromatic heterocycles. The first-order valence-corrected chi connectivity index (χ1v) is 10.4. The van der Waals surface area contributed by atoms with Gasteiger partial charge in [0.05, 0.1) is 6.54 Å². The number of fused-ring (bicyclic) bond motifs is 3. The molecule has 1 N–H and O–H groups in total. The molecular weight excluding hydrogens is 354 g/mol. The van der Waals surface area contributed by atoms with Crippen LogP contribution in [0.25, 0.3) is 11.1 Å². The van der Waals surface area contributed by atoms with Gasteiger partial charge >= 0.3 is 0 Å². The van der Waals surface area contributed by atoms with E-state index >= 15 is 0 Å². The van der Waals surface area contributed by atoms with Crippen molar-refractivity contribution in [2.24, 2.45) is 0 Å². The molecule has 1 saturated heterocycles. The third-order valence-electron chi connectivity index (χ3n) is 6.35. The van der Waals surface area contributed by atoms with E-state index in [0.717, 1.165) is 41.9 Å². The SMILES string of the molecule is OC1(CC#CCN2CCC(c3ccccc3)C2)c2ccccc2-c2ccccc21. The average Bonchev–Trinajstić information content (AvgIpc) is 3.35. The second-order valence-electron chi connectivity index (χ2n) is 8.11. The fraction of sp³-hybridized carbons (Fsp3) is 0.259. The van der Waals surface area contributed by atoms with Gasteiger partial charge in [-0.15, -0.1) is 0 Å². The van der Waals surface area contributed by atoms with Crippen molar-refractivity contribution < 1.29 is 5.11 Å². The van der Waals surface area contributed by atoms with Gasteiger partial charge in [-0.05, 0) is 46.7 Å². The van der Waals surface area contributed by atoms with E-state index in [1.807, 2.05) is 36.4 Å². The van der Waals surface area contributed by atoms with Gasteiger partial charge in [0.1, 0.15) is 5.60 Å². The summed E-state index contributed by atoms with van der Waals surface area (Å²) in [6.07, 6.45) is 1.62. The highest BCUT2D eigenvalue weighted by Crippen LogP contribution is 2.48. The molecule has 29 heavy (non-hydrogen) atoms. The molecule has 2 heteroatoms. The summed E-state index contributed by atoms with van der Waals surface area (Å²) < 4.78 is 0. The maximum absolute atomic E-state index is 11.6. The second-order valence-corrected chi connectivity index (χ2v) is 8.11. The lowest BCUT2D eigenvalue weighted by atomic mass is 9.88. The number of hydrogen-bond acceptors (Lipinski definition) is 2. The Hall–Kier alpha value is -2.86. The zero-order chi connectivity index (χ0) is 19.7. The Morgan fingerprint density at radius 2 is 1.45 bits per heavy atom. The molecule has 0 bridgehead atoms. The van der Waals surface area contributed by atoms with Crippen LogP contribution in [-0.2, 0) is 5.60 Å². The van der Waals surface area contributed by atoms with E-state index in [1.54, 1.807) is 0 Å². The van der Waals surface area contributed by atoms with Crippen molar-refractivity contribution in [1.82, 2.24) is 4.90 Å². The molecule has 0 amide bonds. The van der Waals surface area contributed by atoms with Gasteiger partial charge in [-0.1, -0.05) is 90.7 Å². The van der Waals surface area contributed by atoms with Gasteiger partial charge in [-0.2, -0.15) is 0 Å². The Kier molecular flexibility index (Phi) is 4.72. The Balaban J connectivity index is 1.29. The van der Waals surface area contributed by atoms with Crippen molar-refractivity contribution in [1.29, 1.82) is 0 Å². The van der Waals surface area contributed by atoms with Crippen LogP contribution in [0.5, 0.6) is 0 Å². The predicted octanol–water partition coefficient (Wildman–Crippen LogP) is 4.79. The van der Waals surface area contributed by atoms with Gasteiger partial charge in [0, 0.05) is 13.0 Å². The summed E-state index contributed by atoms with van der Waals surface area (Å²) in [5.41, 5.74) is 4.60. The molecule has 1 aliphatic heterocycles. The van der Waals surface area contributed by atoms with Crippen molar-refractivity contribution in [3.63, 3.8) is 0 Å². The third kappa shape index (κ3) is 3.27. The molecule has 1 atom stereocenters. The summed E-state index contributed by atoms with van der Waals surface area (Å²) in [6, 6.07) is 27.1. The standard InChI is InChI=1S/C27H25NO/c29-27(25-14-6-4-12-23(25)24-13-5-7-15-26(24)27)17-8-9-18-28-19-16-22(20-28)21-10-2-1-3-11-21/h1-7,10-15,22,29H,16-20H2. The van der Waals surface area contributed by atoms with Gasteiger partial charge < -0.3 is 5.11 Å². The van der Waals surface area contributed by atoms with Crippen molar-refractivity contribution >= 4 is 0 Å². The molecule has 1 aliphatic carbocycles. The maximum atomic E-state index is 11.6. The van der Waals surface area contributed by atoms with Gasteiger partial charge in [-0.3, -0.25) is 4.90 Å². The van der Waals surface area contributed by atoms with E-state index in [2.05, 4.69) is 59.2 Å². The number of benzene rings is 3. The van der Waals surface area contributed by atoms with Crippen LogP contribution in [0.15, 0.2) is 78.9 Å². The van der Waals surface area contributed by atoms with Crippen LogP contribution in [0.3, 0.4) is 0 Å². The van der Waals surface area contributed by atoms with E-state index in [0.29, 0.717) is 12.3 Å². The highest BCUT2D eigenvalue weighted by Gasteiger charge is 2.40. The molecule has 0 saturated carbocycles. The number of hydrogen-bond donors (Lipinski definition) is 1. The fourth-order valence-corrected chi connectivity index (χ4v) is 4.82. The molecule has 1 unspecified atom stereocenters. The molecule has 0 radical (unpaired) electrons. The highest BCUT2D eigenvalue weighted by atomic mass is 16.3. The van der Waals surface area contributed by atoms with Crippen LogP contribution in [0.2, 0.25) is 0 Å². The van der Waals surface area contributed by atoms with Crippen molar-refractivity contribution in [3.05, 3.63) is 95.6 Å². The minimum atomic E-state index is -1.02. The first-order valence-electron chi connectivity index (χ1n) is 10.4. The van der Waals surface area contributed by atoms with Crippen LogP contribution in [-0.4, -0.2) is 29.6 Å². The lowest BCUT2D eigenvalue weighted by molar-refractivity contribution is 0.0914. The maximum Gasteiger partial charge on any atom is 0.127 e. The average molecular weight is 380 g/mol. The minimum absolute atomic E-state index is 0.428. The number of likely N-dealkylation sites (tertiary alicyclic amines) is 1. The minimum Gasteiger partial charge on any atom is -0.379 e. The summed E-state index contributed by atoms with van der Waals surface area (Å²) in [5, 5.41) is 11.6. The Morgan fingerprint density at radius 1 is 0.828 bits per heavy atom. The lowest BCUT2D eigenvalue weighted by Crippen LogP contribution is -2.24. The van der Waals surface area contributed by atoms with Gasteiger partial charge in [-0.25, -0.2) is 0 Å². The summed E-state index contributed by atoms with van der Waals surface area (Å²) in [7, 11) is 0. The van der Waals surface area contributed by atoms with Crippen molar-refractivity contribution in [2.75, 3.05) is 19.6 Å². The zero-order valence-corrected chi connectivity index (χ0v) is 16.5. The Morgan fingerprint density at radius 3 is 2.14 bits per heavy atom. The van der Waals surface area contributed by atoms with E-state index in [4.69, 9.17) is 0 Å². The molecule has 2 nitrogen and oxygen atoms in total. The largest absolute Gasteiger partial charge is 0.379 e. The summed E-state index contributed by atoms with van der Waals surface area (Å²) in [5.74, 6) is 7.23. The molecule has 1 heterocycles. The fourth-order valence-electron chi connectivity index (χ4n) is 4.82. The van der Waals surface area contributed by atoms with Crippen molar-refractivity contribution in [2.45, 2.75) is 24.4 Å². The van der Waals surface area contributed by atoms with E-state index < -0.39 is 5.60 Å². The topological polar surface area (TPSA) is 23.5 Å². The predicted molar refractivity (Wildman–Crippen MR) is 118 cm³/mol. The van der Waals surface area contributed by atoms with Crippen LogP contribution in [0.1, 0.15) is 35.4 Å². The zero-order valence-electron chi connectivity index (χ0n) is 16.5. The first-order chi connectivity index (χ1) is 14.3. The first kappa shape index (κ1) is 18.2. The Bertz CT molecular complexity index is 1030. The lowest BCUT2D eigenvalue weighted by Gasteiger charge is -2.23. The van der Waals surface area contributed by atoms with E-state index in [9.17, 15) is 5.11 Å².